The number of rotatable bonds is 1. The van der Waals surface area contributed by atoms with Crippen LogP contribution < -0.4 is 5.32 Å². The second-order valence-corrected chi connectivity index (χ2v) is 8.46. The van der Waals surface area contributed by atoms with E-state index < -0.39 is 11.9 Å². The van der Waals surface area contributed by atoms with E-state index in [0.717, 1.165) is 32.1 Å². The standard InChI is InChI=1S/C18H29NO5S/c20-15-9-7-5-3-1-2-4-6-8-13-10-18(24-15,11-16(21)23-13)14-12-25-17(22)19-14/h13-14,16,21H,1-12H2,(H,19,22)/t13-,14+,16-,18-/m1/s1. The lowest BCUT2D eigenvalue weighted by Gasteiger charge is -2.45. The molecule has 25 heavy (non-hydrogen) atoms. The van der Waals surface area contributed by atoms with E-state index in [1.54, 1.807) is 0 Å². The van der Waals surface area contributed by atoms with Gasteiger partial charge in [-0.3, -0.25) is 9.59 Å². The van der Waals surface area contributed by atoms with Crippen LogP contribution in [0.1, 0.15) is 70.6 Å². The summed E-state index contributed by atoms with van der Waals surface area (Å²) in [7, 11) is 0. The zero-order valence-electron chi connectivity index (χ0n) is 14.7. The van der Waals surface area contributed by atoms with Crippen LogP contribution in [-0.2, 0) is 14.3 Å². The number of hydrogen-bond donors (Lipinski definition) is 2. The van der Waals surface area contributed by atoms with Crippen molar-refractivity contribution < 1.29 is 24.2 Å². The maximum Gasteiger partial charge on any atom is 0.306 e. The molecule has 3 aliphatic rings. The molecule has 3 fully saturated rings. The normalized spacial score (nSPS) is 38.5. The third-order valence-corrected chi connectivity index (χ3v) is 6.36. The van der Waals surface area contributed by atoms with Crippen molar-refractivity contribution in [1.82, 2.24) is 5.32 Å². The SMILES string of the molecule is O=C1CCCCCCCCC[C@@H]2C[C@]([C@@H]3CSC(=O)N3)(C[C@H](O)O2)O1. The number of hydrogen-bond acceptors (Lipinski definition) is 6. The first kappa shape index (κ1) is 19.0. The summed E-state index contributed by atoms with van der Waals surface area (Å²) < 4.78 is 11.7. The third-order valence-electron chi connectivity index (χ3n) is 5.48. The average molecular weight is 371 g/mol. The molecule has 3 aliphatic heterocycles. The Morgan fingerprint density at radius 1 is 1.04 bits per heavy atom. The second-order valence-electron chi connectivity index (χ2n) is 7.47. The minimum atomic E-state index is -0.957. The Morgan fingerprint density at radius 3 is 2.48 bits per heavy atom. The molecule has 4 atom stereocenters. The average Bonchev–Trinajstić information content (AvgIpc) is 2.99. The highest BCUT2D eigenvalue weighted by atomic mass is 32.2. The van der Waals surface area contributed by atoms with Crippen molar-refractivity contribution in [3.05, 3.63) is 0 Å². The Balaban J connectivity index is 1.77. The number of aliphatic hydroxyl groups is 1. The molecule has 0 aliphatic carbocycles. The summed E-state index contributed by atoms with van der Waals surface area (Å²) in [6, 6.07) is -0.261. The number of ether oxygens (including phenoxy) is 2. The molecule has 0 unspecified atom stereocenters. The lowest BCUT2D eigenvalue weighted by Crippen LogP contribution is -2.59. The highest BCUT2D eigenvalue weighted by Crippen LogP contribution is 2.39. The molecule has 7 heteroatoms. The Labute approximate surface area is 153 Å². The summed E-state index contributed by atoms with van der Waals surface area (Å²) in [6.45, 7) is 0. The van der Waals surface area contributed by atoms with Gasteiger partial charge in [0.25, 0.3) is 5.24 Å². The lowest BCUT2D eigenvalue weighted by molar-refractivity contribution is -0.235. The van der Waals surface area contributed by atoms with Gasteiger partial charge in [-0.25, -0.2) is 0 Å². The van der Waals surface area contributed by atoms with Crippen LogP contribution >= 0.6 is 11.8 Å². The third kappa shape index (κ3) is 5.11. The molecule has 0 spiro atoms. The van der Waals surface area contributed by atoms with E-state index in [-0.39, 0.29) is 29.8 Å². The maximum absolute atomic E-state index is 12.4. The van der Waals surface area contributed by atoms with Crippen LogP contribution in [0.25, 0.3) is 0 Å². The minimum Gasteiger partial charge on any atom is -0.457 e. The van der Waals surface area contributed by atoms with Crippen molar-refractivity contribution in [2.24, 2.45) is 0 Å². The van der Waals surface area contributed by atoms with Gasteiger partial charge in [0, 0.05) is 25.0 Å². The number of carbonyl (C=O) groups excluding carboxylic acids is 2. The minimum absolute atomic E-state index is 0.0904. The summed E-state index contributed by atoms with van der Waals surface area (Å²) in [5.41, 5.74) is -0.858. The van der Waals surface area contributed by atoms with E-state index in [1.807, 2.05) is 0 Å². The predicted molar refractivity (Wildman–Crippen MR) is 95.3 cm³/mol. The number of nitrogens with one attached hydrogen (secondary N) is 1. The Kier molecular flexibility index (Phi) is 6.63. The number of fused-ring (bicyclic) bond motifs is 2. The Morgan fingerprint density at radius 2 is 1.76 bits per heavy atom. The fourth-order valence-electron chi connectivity index (χ4n) is 4.16. The van der Waals surface area contributed by atoms with E-state index >= 15 is 0 Å². The van der Waals surface area contributed by atoms with Gasteiger partial charge in [0.15, 0.2) is 6.29 Å². The summed E-state index contributed by atoms with van der Waals surface area (Å²) >= 11 is 1.21. The fourth-order valence-corrected chi connectivity index (χ4v) is 5.09. The number of esters is 1. The van der Waals surface area contributed by atoms with E-state index in [0.29, 0.717) is 18.6 Å². The number of aliphatic hydroxyl groups excluding tert-OH is 1. The van der Waals surface area contributed by atoms with Crippen molar-refractivity contribution >= 4 is 23.0 Å². The Hall–Kier alpha value is -0.790. The van der Waals surface area contributed by atoms with Crippen molar-refractivity contribution in [3.63, 3.8) is 0 Å². The van der Waals surface area contributed by atoms with Gasteiger partial charge < -0.3 is 19.9 Å². The van der Waals surface area contributed by atoms with Gasteiger partial charge in [-0.1, -0.05) is 50.3 Å². The van der Waals surface area contributed by atoms with Crippen LogP contribution in [0.2, 0.25) is 0 Å². The van der Waals surface area contributed by atoms with Crippen LogP contribution in [-0.4, -0.2) is 46.1 Å². The molecule has 0 aromatic carbocycles. The topological polar surface area (TPSA) is 84.9 Å². The first-order chi connectivity index (χ1) is 12.1. The summed E-state index contributed by atoms with van der Waals surface area (Å²) in [4.78, 5) is 24.1. The molecule has 2 N–H and O–H groups in total. The van der Waals surface area contributed by atoms with Gasteiger partial charge in [0.2, 0.25) is 0 Å². The van der Waals surface area contributed by atoms with Crippen LogP contribution in [0, 0.1) is 0 Å². The highest BCUT2D eigenvalue weighted by molar-refractivity contribution is 8.14. The molecule has 142 valence electrons. The molecule has 0 aromatic rings. The lowest BCUT2D eigenvalue weighted by atomic mass is 9.81. The largest absolute Gasteiger partial charge is 0.457 e. The zero-order chi connectivity index (χ0) is 17.7. The van der Waals surface area contributed by atoms with Gasteiger partial charge >= 0.3 is 5.97 Å². The van der Waals surface area contributed by atoms with Crippen molar-refractivity contribution in [1.29, 1.82) is 0 Å². The number of carbonyl (C=O) groups is 2. The van der Waals surface area contributed by atoms with Crippen LogP contribution in [0.5, 0.6) is 0 Å². The molecule has 0 aromatic heterocycles. The molecule has 6 nitrogen and oxygen atoms in total. The van der Waals surface area contributed by atoms with E-state index in [2.05, 4.69) is 5.32 Å². The van der Waals surface area contributed by atoms with Crippen LogP contribution in [0.3, 0.4) is 0 Å². The number of amides is 1. The predicted octanol–water partition coefficient (Wildman–Crippen LogP) is 3.12. The zero-order valence-corrected chi connectivity index (χ0v) is 15.5. The van der Waals surface area contributed by atoms with Crippen molar-refractivity contribution in [3.8, 4) is 0 Å². The summed E-state index contributed by atoms with van der Waals surface area (Å²) in [5, 5.41) is 13.1. The molecule has 3 heterocycles. The van der Waals surface area contributed by atoms with Gasteiger partial charge in [-0.05, 0) is 12.8 Å². The monoisotopic (exact) mass is 371 g/mol. The second kappa shape index (κ2) is 8.73. The van der Waals surface area contributed by atoms with Gasteiger partial charge in [0.1, 0.15) is 5.60 Å². The highest BCUT2D eigenvalue weighted by Gasteiger charge is 2.51. The first-order valence-corrected chi connectivity index (χ1v) is 10.5. The summed E-state index contributed by atoms with van der Waals surface area (Å²) in [5.74, 6) is 0.335. The fraction of sp³-hybridized carbons (Fsp3) is 0.889. The van der Waals surface area contributed by atoms with Crippen molar-refractivity contribution in [2.45, 2.75) is 94.7 Å². The smallest absolute Gasteiger partial charge is 0.306 e. The molecule has 0 radical (unpaired) electrons. The Bertz CT molecular complexity index is 488. The molecule has 2 bridgehead atoms. The number of thioether (sulfide) groups is 1. The molecule has 3 rings (SSSR count). The molecule has 0 saturated carbocycles. The maximum atomic E-state index is 12.4. The summed E-state index contributed by atoms with van der Waals surface area (Å²) in [6.07, 6.45) is 8.60. The van der Waals surface area contributed by atoms with E-state index in [1.165, 1.54) is 31.0 Å². The van der Waals surface area contributed by atoms with Crippen LogP contribution in [0.4, 0.5) is 4.79 Å². The van der Waals surface area contributed by atoms with E-state index in [4.69, 9.17) is 9.47 Å². The first-order valence-electron chi connectivity index (χ1n) is 9.56. The molecular weight excluding hydrogens is 342 g/mol. The molecular formula is C18H29NO5S. The van der Waals surface area contributed by atoms with Gasteiger partial charge in [0.05, 0.1) is 12.1 Å². The van der Waals surface area contributed by atoms with Crippen LogP contribution in [0.15, 0.2) is 0 Å². The van der Waals surface area contributed by atoms with Gasteiger partial charge in [-0.2, -0.15) is 0 Å². The molecule has 3 saturated heterocycles. The quantitative estimate of drug-likeness (QED) is 0.689. The van der Waals surface area contributed by atoms with Gasteiger partial charge in [-0.15, -0.1) is 0 Å². The molecule has 1 amide bonds. The van der Waals surface area contributed by atoms with Crippen molar-refractivity contribution in [2.75, 3.05) is 5.75 Å². The van der Waals surface area contributed by atoms with E-state index in [9.17, 15) is 14.7 Å².